The van der Waals surface area contributed by atoms with Crippen LogP contribution in [-0.4, -0.2) is 11.1 Å². The van der Waals surface area contributed by atoms with Crippen molar-refractivity contribution in [3.63, 3.8) is 0 Å². The van der Waals surface area contributed by atoms with Gasteiger partial charge in [-0.2, -0.15) is 0 Å². The summed E-state index contributed by atoms with van der Waals surface area (Å²) in [5.41, 5.74) is 2.48. The predicted octanol–water partition coefficient (Wildman–Crippen LogP) is 6.09. The smallest absolute Gasteiger partial charge is 0.417 e. The molecule has 5 heteroatoms. The zero-order chi connectivity index (χ0) is 20.1. The van der Waals surface area contributed by atoms with Crippen LogP contribution in [0, 0.1) is 6.92 Å². The van der Waals surface area contributed by atoms with Crippen molar-refractivity contribution in [2.45, 2.75) is 33.1 Å². The van der Waals surface area contributed by atoms with E-state index in [9.17, 15) is 4.79 Å². The molecule has 0 atom stereocenters. The van der Waals surface area contributed by atoms with Gasteiger partial charge in [-0.25, -0.2) is 9.78 Å². The molecule has 1 aromatic heterocycles. The molecule has 3 aromatic rings. The molecule has 0 aliphatic rings. The van der Waals surface area contributed by atoms with Gasteiger partial charge >= 0.3 is 6.09 Å². The number of para-hydroxylation sites is 1. The lowest BCUT2D eigenvalue weighted by molar-refractivity contribution is 0.215. The van der Waals surface area contributed by atoms with Gasteiger partial charge in [0.1, 0.15) is 17.2 Å². The standard InChI is InChI=1S/C23H24N2O3/c1-16-11-13-17(14-12-16)27-22(26)25-19-9-7-15-24-21(19)28-20-10-6-5-8-18(20)23(2,3)4/h5-15H,1-4H3,(H,25,26). The van der Waals surface area contributed by atoms with Gasteiger partial charge in [-0.15, -0.1) is 0 Å². The molecule has 28 heavy (non-hydrogen) atoms. The van der Waals surface area contributed by atoms with Crippen LogP contribution in [0.1, 0.15) is 31.9 Å². The number of aryl methyl sites for hydroxylation is 1. The highest BCUT2D eigenvalue weighted by molar-refractivity contribution is 5.87. The van der Waals surface area contributed by atoms with Crippen molar-refractivity contribution in [1.82, 2.24) is 4.98 Å². The molecule has 0 aliphatic heterocycles. The molecular formula is C23H24N2O3. The minimum absolute atomic E-state index is 0.0939. The van der Waals surface area contributed by atoms with Crippen molar-refractivity contribution in [3.8, 4) is 17.4 Å². The molecule has 1 heterocycles. The molecule has 0 bridgehead atoms. The van der Waals surface area contributed by atoms with Crippen LogP contribution in [0.3, 0.4) is 0 Å². The number of hydrogen-bond acceptors (Lipinski definition) is 4. The summed E-state index contributed by atoms with van der Waals surface area (Å²) in [5.74, 6) is 1.47. The molecule has 0 fully saturated rings. The molecular weight excluding hydrogens is 352 g/mol. The van der Waals surface area contributed by atoms with Gasteiger partial charge in [0, 0.05) is 11.8 Å². The number of benzene rings is 2. The number of carbonyl (C=O) groups is 1. The summed E-state index contributed by atoms with van der Waals surface area (Å²) < 4.78 is 11.4. The Morgan fingerprint density at radius 2 is 1.68 bits per heavy atom. The van der Waals surface area contributed by atoms with Crippen molar-refractivity contribution in [2.24, 2.45) is 0 Å². The lowest BCUT2D eigenvalue weighted by atomic mass is 9.86. The molecule has 2 aromatic carbocycles. The van der Waals surface area contributed by atoms with Gasteiger partial charge in [-0.1, -0.05) is 56.7 Å². The van der Waals surface area contributed by atoms with Crippen LogP contribution in [0.5, 0.6) is 17.4 Å². The molecule has 1 amide bonds. The molecule has 3 rings (SSSR count). The van der Waals surface area contributed by atoms with Crippen molar-refractivity contribution in [1.29, 1.82) is 0 Å². The lowest BCUT2D eigenvalue weighted by Gasteiger charge is -2.22. The molecule has 0 unspecified atom stereocenters. The van der Waals surface area contributed by atoms with Gasteiger partial charge in [0.05, 0.1) is 0 Å². The summed E-state index contributed by atoms with van der Waals surface area (Å²) >= 11 is 0. The van der Waals surface area contributed by atoms with Gasteiger partial charge in [-0.3, -0.25) is 5.32 Å². The fourth-order valence-electron chi connectivity index (χ4n) is 2.70. The Morgan fingerprint density at radius 1 is 0.964 bits per heavy atom. The van der Waals surface area contributed by atoms with Crippen LogP contribution >= 0.6 is 0 Å². The van der Waals surface area contributed by atoms with E-state index in [1.165, 1.54) is 0 Å². The molecule has 1 N–H and O–H groups in total. The number of rotatable bonds is 4. The van der Waals surface area contributed by atoms with Crippen LogP contribution in [0.15, 0.2) is 66.9 Å². The Balaban J connectivity index is 1.79. The number of nitrogens with zero attached hydrogens (tertiary/aromatic N) is 1. The van der Waals surface area contributed by atoms with E-state index >= 15 is 0 Å². The van der Waals surface area contributed by atoms with E-state index in [1.54, 1.807) is 30.5 Å². The second-order valence-electron chi connectivity index (χ2n) is 7.53. The third kappa shape index (κ3) is 4.88. The second-order valence-corrected chi connectivity index (χ2v) is 7.53. The van der Waals surface area contributed by atoms with E-state index in [-0.39, 0.29) is 5.41 Å². The Morgan fingerprint density at radius 3 is 2.39 bits per heavy atom. The van der Waals surface area contributed by atoms with Crippen LogP contribution in [0.4, 0.5) is 10.5 Å². The fourth-order valence-corrected chi connectivity index (χ4v) is 2.70. The summed E-state index contributed by atoms with van der Waals surface area (Å²) in [6, 6.07) is 18.5. The van der Waals surface area contributed by atoms with Crippen LogP contribution < -0.4 is 14.8 Å². The Bertz CT molecular complexity index is 960. The first-order valence-corrected chi connectivity index (χ1v) is 9.11. The highest BCUT2D eigenvalue weighted by atomic mass is 16.6. The number of ether oxygens (including phenoxy) is 2. The monoisotopic (exact) mass is 376 g/mol. The summed E-state index contributed by atoms with van der Waals surface area (Å²) in [7, 11) is 0. The highest BCUT2D eigenvalue weighted by Gasteiger charge is 2.20. The Kier molecular flexibility index (Phi) is 5.64. The van der Waals surface area contributed by atoms with Crippen molar-refractivity contribution < 1.29 is 14.3 Å². The molecule has 0 saturated carbocycles. The first-order valence-electron chi connectivity index (χ1n) is 9.11. The van der Waals surface area contributed by atoms with Crippen molar-refractivity contribution in [3.05, 3.63) is 78.0 Å². The van der Waals surface area contributed by atoms with Gasteiger partial charge in [-0.05, 0) is 42.7 Å². The minimum Gasteiger partial charge on any atom is -0.437 e. The number of nitrogens with one attached hydrogen (secondary N) is 1. The maximum atomic E-state index is 12.3. The third-order valence-corrected chi connectivity index (χ3v) is 4.14. The largest absolute Gasteiger partial charge is 0.437 e. The summed E-state index contributed by atoms with van der Waals surface area (Å²) in [6.45, 7) is 8.32. The molecule has 0 radical (unpaired) electrons. The van der Waals surface area contributed by atoms with Crippen molar-refractivity contribution in [2.75, 3.05) is 5.32 Å². The topological polar surface area (TPSA) is 60.5 Å². The number of carbonyl (C=O) groups excluding carboxylic acids is 1. The van der Waals surface area contributed by atoms with Crippen LogP contribution in [0.25, 0.3) is 0 Å². The van der Waals surface area contributed by atoms with Crippen molar-refractivity contribution >= 4 is 11.8 Å². The first-order chi connectivity index (χ1) is 13.3. The summed E-state index contributed by atoms with van der Waals surface area (Å²) in [4.78, 5) is 16.6. The minimum atomic E-state index is -0.606. The number of amides is 1. The normalized spacial score (nSPS) is 11.0. The molecule has 0 spiro atoms. The predicted molar refractivity (Wildman–Crippen MR) is 110 cm³/mol. The summed E-state index contributed by atoms with van der Waals surface area (Å²) in [6.07, 6.45) is 1.01. The zero-order valence-electron chi connectivity index (χ0n) is 16.5. The number of anilines is 1. The van der Waals surface area contributed by atoms with Crippen LogP contribution in [-0.2, 0) is 5.41 Å². The van der Waals surface area contributed by atoms with E-state index in [4.69, 9.17) is 9.47 Å². The van der Waals surface area contributed by atoms with E-state index in [1.807, 2.05) is 43.3 Å². The number of pyridine rings is 1. The van der Waals surface area contributed by atoms with E-state index < -0.39 is 6.09 Å². The van der Waals surface area contributed by atoms with Gasteiger partial charge in [0.15, 0.2) is 0 Å². The molecule has 5 nitrogen and oxygen atoms in total. The third-order valence-electron chi connectivity index (χ3n) is 4.14. The van der Waals surface area contributed by atoms with Gasteiger partial charge in [0.2, 0.25) is 5.88 Å². The molecule has 0 aliphatic carbocycles. The second kappa shape index (κ2) is 8.13. The lowest BCUT2D eigenvalue weighted by Crippen LogP contribution is -2.17. The van der Waals surface area contributed by atoms with E-state index in [0.29, 0.717) is 23.1 Å². The van der Waals surface area contributed by atoms with E-state index in [2.05, 4.69) is 31.1 Å². The maximum absolute atomic E-state index is 12.3. The summed E-state index contributed by atoms with van der Waals surface area (Å²) in [5, 5.41) is 2.70. The zero-order valence-corrected chi connectivity index (χ0v) is 16.5. The highest BCUT2D eigenvalue weighted by Crippen LogP contribution is 2.35. The number of hydrogen-bond donors (Lipinski definition) is 1. The number of aromatic nitrogens is 1. The fraction of sp³-hybridized carbons (Fsp3) is 0.217. The quantitative estimate of drug-likeness (QED) is 0.598. The average Bonchev–Trinajstić information content (AvgIpc) is 2.65. The van der Waals surface area contributed by atoms with Crippen LogP contribution in [0.2, 0.25) is 0 Å². The van der Waals surface area contributed by atoms with Gasteiger partial charge in [0.25, 0.3) is 0 Å². The molecule has 144 valence electrons. The maximum Gasteiger partial charge on any atom is 0.417 e. The average molecular weight is 376 g/mol. The van der Waals surface area contributed by atoms with Gasteiger partial charge < -0.3 is 9.47 Å². The molecule has 0 saturated heterocycles. The Labute approximate surface area is 165 Å². The first kappa shape index (κ1) is 19.4. The van der Waals surface area contributed by atoms with E-state index in [0.717, 1.165) is 11.1 Å². The Hall–Kier alpha value is -3.34. The SMILES string of the molecule is Cc1ccc(OC(=O)Nc2cccnc2Oc2ccccc2C(C)(C)C)cc1.